The van der Waals surface area contributed by atoms with Crippen LogP contribution in [0.25, 0.3) is 10.8 Å². The topological polar surface area (TPSA) is 84.2 Å². The molecule has 2 atom stereocenters. The fourth-order valence-electron chi connectivity index (χ4n) is 4.51. The molecule has 0 radical (unpaired) electrons. The molecule has 0 aliphatic heterocycles. The lowest BCUT2D eigenvalue weighted by Gasteiger charge is -2.25. The second-order valence-corrected chi connectivity index (χ2v) is 9.08. The van der Waals surface area contributed by atoms with Gasteiger partial charge in [-0.1, -0.05) is 97.1 Å². The lowest BCUT2D eigenvalue weighted by atomic mass is 9.90. The Labute approximate surface area is 212 Å². The third-order valence-corrected chi connectivity index (χ3v) is 6.49. The Hall–Kier alpha value is -3.96. The van der Waals surface area contributed by atoms with Gasteiger partial charge in [-0.3, -0.25) is 9.59 Å². The first-order valence-corrected chi connectivity index (χ1v) is 12.5. The summed E-state index contributed by atoms with van der Waals surface area (Å²) in [6.45, 7) is 2.40. The number of rotatable bonds is 10. The van der Waals surface area contributed by atoms with Crippen LogP contribution in [0.4, 0.5) is 0 Å². The average Bonchev–Trinajstić information content (AvgIpc) is 2.92. The molecule has 4 aromatic carbocycles. The SMILES string of the molecule is C[C@H](NC(=O)[C@@H](CCCN)NC(=O)C(c1ccccc1)c1ccccc1)c1ccc2ccccc2c1. The van der Waals surface area contributed by atoms with Gasteiger partial charge in [0.2, 0.25) is 11.8 Å². The molecule has 0 saturated heterocycles. The molecule has 5 nitrogen and oxygen atoms in total. The summed E-state index contributed by atoms with van der Waals surface area (Å²) in [5.41, 5.74) is 8.52. The van der Waals surface area contributed by atoms with Crippen LogP contribution in [0.5, 0.6) is 0 Å². The predicted molar refractivity (Wildman–Crippen MR) is 145 cm³/mol. The smallest absolute Gasteiger partial charge is 0.243 e. The molecule has 0 fully saturated rings. The minimum atomic E-state index is -0.682. The van der Waals surface area contributed by atoms with Crippen LogP contribution >= 0.6 is 0 Å². The molecule has 0 aliphatic rings. The molecule has 0 spiro atoms. The van der Waals surface area contributed by atoms with E-state index in [9.17, 15) is 9.59 Å². The van der Waals surface area contributed by atoms with Gasteiger partial charge in [0.25, 0.3) is 0 Å². The van der Waals surface area contributed by atoms with E-state index >= 15 is 0 Å². The minimum Gasteiger partial charge on any atom is -0.348 e. The van der Waals surface area contributed by atoms with E-state index < -0.39 is 12.0 Å². The number of nitrogens with one attached hydrogen (secondary N) is 2. The van der Waals surface area contributed by atoms with Gasteiger partial charge >= 0.3 is 0 Å². The Kier molecular flexibility index (Phi) is 8.48. The molecule has 5 heteroatoms. The quantitative estimate of drug-likeness (QED) is 0.297. The lowest BCUT2D eigenvalue weighted by molar-refractivity contribution is -0.129. The standard InChI is InChI=1S/C31H33N3O2/c1-22(26-19-18-23-11-8-9-16-27(23)21-26)33-30(35)28(17-10-20-32)34-31(36)29(24-12-4-2-5-13-24)25-14-6-3-7-15-25/h2-9,11-16,18-19,21-22,28-29H,10,17,20,32H2,1H3,(H,33,35)(H,34,36)/t22-,28+/m0/s1. The fourth-order valence-corrected chi connectivity index (χ4v) is 4.51. The summed E-state index contributed by atoms with van der Waals surface area (Å²) >= 11 is 0. The highest BCUT2D eigenvalue weighted by Crippen LogP contribution is 2.25. The zero-order valence-corrected chi connectivity index (χ0v) is 20.6. The van der Waals surface area contributed by atoms with Gasteiger partial charge in [-0.05, 0) is 59.8 Å². The van der Waals surface area contributed by atoms with Gasteiger partial charge in [0.15, 0.2) is 0 Å². The van der Waals surface area contributed by atoms with Crippen molar-refractivity contribution in [2.75, 3.05) is 6.54 Å². The van der Waals surface area contributed by atoms with Gasteiger partial charge in [0, 0.05) is 0 Å². The molecule has 0 heterocycles. The van der Waals surface area contributed by atoms with Crippen LogP contribution in [-0.2, 0) is 9.59 Å². The number of amides is 2. The number of benzene rings is 4. The van der Waals surface area contributed by atoms with Gasteiger partial charge in [-0.15, -0.1) is 0 Å². The molecule has 0 aromatic heterocycles. The van der Waals surface area contributed by atoms with Crippen LogP contribution in [0, 0.1) is 0 Å². The second kappa shape index (κ2) is 12.1. The van der Waals surface area contributed by atoms with Gasteiger partial charge in [0.1, 0.15) is 6.04 Å². The van der Waals surface area contributed by atoms with Gasteiger partial charge in [0.05, 0.1) is 12.0 Å². The van der Waals surface area contributed by atoms with Crippen molar-refractivity contribution in [2.24, 2.45) is 5.73 Å². The van der Waals surface area contributed by atoms with E-state index in [1.165, 1.54) is 0 Å². The van der Waals surface area contributed by atoms with Gasteiger partial charge in [-0.2, -0.15) is 0 Å². The highest BCUT2D eigenvalue weighted by Gasteiger charge is 2.28. The van der Waals surface area contributed by atoms with Crippen LogP contribution < -0.4 is 16.4 Å². The number of nitrogens with two attached hydrogens (primary N) is 1. The van der Waals surface area contributed by atoms with E-state index in [0.29, 0.717) is 19.4 Å². The fraction of sp³-hybridized carbons (Fsp3) is 0.226. The molecular formula is C31H33N3O2. The average molecular weight is 480 g/mol. The normalized spacial score (nSPS) is 12.8. The summed E-state index contributed by atoms with van der Waals surface area (Å²) in [6.07, 6.45) is 1.10. The van der Waals surface area contributed by atoms with E-state index in [1.807, 2.05) is 85.8 Å². The maximum absolute atomic E-state index is 13.6. The maximum atomic E-state index is 13.6. The van der Waals surface area contributed by atoms with Crippen LogP contribution in [-0.4, -0.2) is 24.4 Å². The summed E-state index contributed by atoms with van der Waals surface area (Å²) in [5, 5.41) is 8.40. The van der Waals surface area contributed by atoms with Gasteiger partial charge < -0.3 is 16.4 Å². The Morgan fingerprint density at radius 2 is 1.28 bits per heavy atom. The van der Waals surface area contributed by atoms with Crippen LogP contribution in [0.15, 0.2) is 103 Å². The zero-order chi connectivity index (χ0) is 25.3. The van der Waals surface area contributed by atoms with Crippen molar-refractivity contribution in [3.05, 3.63) is 120 Å². The van der Waals surface area contributed by atoms with E-state index in [0.717, 1.165) is 27.5 Å². The number of carbonyl (C=O) groups is 2. The third-order valence-electron chi connectivity index (χ3n) is 6.49. The molecule has 0 aliphatic carbocycles. The summed E-state index contributed by atoms with van der Waals surface area (Å²) in [4.78, 5) is 27.0. The monoisotopic (exact) mass is 479 g/mol. The molecular weight excluding hydrogens is 446 g/mol. The van der Waals surface area contributed by atoms with Crippen molar-refractivity contribution in [1.29, 1.82) is 0 Å². The van der Waals surface area contributed by atoms with Crippen LogP contribution in [0.3, 0.4) is 0 Å². The summed E-state index contributed by atoms with van der Waals surface area (Å²) in [5.74, 6) is -0.932. The number of carbonyl (C=O) groups excluding carboxylic acids is 2. The molecule has 184 valence electrons. The Morgan fingerprint density at radius 3 is 1.89 bits per heavy atom. The second-order valence-electron chi connectivity index (χ2n) is 9.08. The number of hydrogen-bond acceptors (Lipinski definition) is 3. The van der Waals surface area contributed by atoms with Crippen molar-refractivity contribution >= 4 is 22.6 Å². The molecule has 0 saturated carbocycles. The van der Waals surface area contributed by atoms with Crippen molar-refractivity contribution in [1.82, 2.24) is 10.6 Å². The highest BCUT2D eigenvalue weighted by atomic mass is 16.2. The Bertz CT molecular complexity index is 1250. The van der Waals surface area contributed by atoms with E-state index in [-0.39, 0.29) is 17.9 Å². The van der Waals surface area contributed by atoms with E-state index in [4.69, 9.17) is 5.73 Å². The molecule has 0 unspecified atom stereocenters. The van der Waals surface area contributed by atoms with Crippen molar-refractivity contribution in [3.8, 4) is 0 Å². The molecule has 4 aromatic rings. The molecule has 4 N–H and O–H groups in total. The summed E-state index contributed by atoms with van der Waals surface area (Å²) in [7, 11) is 0. The van der Waals surface area contributed by atoms with E-state index in [1.54, 1.807) is 0 Å². The molecule has 0 bridgehead atoms. The summed E-state index contributed by atoms with van der Waals surface area (Å²) < 4.78 is 0. The van der Waals surface area contributed by atoms with Crippen molar-refractivity contribution in [3.63, 3.8) is 0 Å². The molecule has 2 amide bonds. The lowest BCUT2D eigenvalue weighted by Crippen LogP contribution is -2.48. The third kappa shape index (κ3) is 6.18. The predicted octanol–water partition coefficient (Wildman–Crippen LogP) is 5.07. The largest absolute Gasteiger partial charge is 0.348 e. The first kappa shape index (κ1) is 25.1. The first-order chi connectivity index (χ1) is 17.6. The zero-order valence-electron chi connectivity index (χ0n) is 20.6. The van der Waals surface area contributed by atoms with Crippen molar-refractivity contribution in [2.45, 2.75) is 37.8 Å². The minimum absolute atomic E-state index is 0.206. The Morgan fingerprint density at radius 1 is 0.694 bits per heavy atom. The Balaban J connectivity index is 1.52. The van der Waals surface area contributed by atoms with Crippen LogP contribution in [0.1, 0.15) is 48.4 Å². The number of fused-ring (bicyclic) bond motifs is 1. The van der Waals surface area contributed by atoms with Crippen LogP contribution in [0.2, 0.25) is 0 Å². The molecule has 4 rings (SSSR count). The van der Waals surface area contributed by atoms with E-state index in [2.05, 4.69) is 34.9 Å². The maximum Gasteiger partial charge on any atom is 0.243 e. The highest BCUT2D eigenvalue weighted by molar-refractivity contribution is 5.92. The molecule has 36 heavy (non-hydrogen) atoms. The van der Waals surface area contributed by atoms with Gasteiger partial charge in [-0.25, -0.2) is 0 Å². The number of hydrogen-bond donors (Lipinski definition) is 3. The first-order valence-electron chi connectivity index (χ1n) is 12.5. The van der Waals surface area contributed by atoms with Crippen molar-refractivity contribution < 1.29 is 9.59 Å². The summed E-state index contributed by atoms with van der Waals surface area (Å²) in [6, 6.07) is 32.7.